The van der Waals surface area contributed by atoms with E-state index < -0.39 is 0 Å². The third-order valence-electron chi connectivity index (χ3n) is 3.72. The van der Waals surface area contributed by atoms with Crippen LogP contribution in [0.25, 0.3) is 0 Å². The maximum absolute atomic E-state index is 3.81. The Morgan fingerprint density at radius 2 is 1.83 bits per heavy atom. The topological polar surface area (TPSA) is 3.24 Å². The summed E-state index contributed by atoms with van der Waals surface area (Å²) in [4.78, 5) is 2.32. The van der Waals surface area contributed by atoms with Crippen molar-refractivity contribution in [2.45, 2.75) is 46.0 Å². The van der Waals surface area contributed by atoms with E-state index in [-0.39, 0.29) is 0 Å². The van der Waals surface area contributed by atoms with E-state index in [0.29, 0.717) is 0 Å². The van der Waals surface area contributed by atoms with Gasteiger partial charge in [-0.15, -0.1) is 0 Å². The van der Waals surface area contributed by atoms with Crippen molar-refractivity contribution >= 4 is 0 Å². The normalized spacial score (nSPS) is 19.3. The lowest BCUT2D eigenvalue weighted by Crippen LogP contribution is -2.23. The van der Waals surface area contributed by atoms with Gasteiger partial charge in [-0.2, -0.15) is 0 Å². The van der Waals surface area contributed by atoms with Crippen molar-refractivity contribution in [3.63, 3.8) is 0 Å². The lowest BCUT2D eigenvalue weighted by atomic mass is 9.86. The standard InChI is InChI=1S/C17H27N/c1-5-11-16(12-6-2)18(4)17(7-3)15-13-9-8-10-14-15/h5-7,11-12,15H,1,8-10,13-14H2,2-4H3/b12-6-,16-11+,17-7-. The van der Waals surface area contributed by atoms with Gasteiger partial charge in [-0.25, -0.2) is 0 Å². The molecule has 1 rings (SSSR count). The Morgan fingerprint density at radius 3 is 2.33 bits per heavy atom. The van der Waals surface area contributed by atoms with E-state index >= 15 is 0 Å². The van der Waals surface area contributed by atoms with Gasteiger partial charge in [0.2, 0.25) is 0 Å². The van der Waals surface area contributed by atoms with Crippen LogP contribution < -0.4 is 0 Å². The Morgan fingerprint density at radius 1 is 1.17 bits per heavy atom. The average molecular weight is 245 g/mol. The maximum atomic E-state index is 3.81. The van der Waals surface area contributed by atoms with Gasteiger partial charge in [0.1, 0.15) is 0 Å². The summed E-state index contributed by atoms with van der Waals surface area (Å²) < 4.78 is 0. The van der Waals surface area contributed by atoms with E-state index in [1.165, 1.54) is 43.5 Å². The van der Waals surface area contributed by atoms with Gasteiger partial charge in [0.15, 0.2) is 0 Å². The van der Waals surface area contributed by atoms with Gasteiger partial charge in [-0.05, 0) is 44.8 Å². The maximum Gasteiger partial charge on any atom is 0.0402 e. The molecular weight excluding hydrogens is 218 g/mol. The predicted octanol–water partition coefficient (Wildman–Crippen LogP) is 5.05. The molecule has 0 aliphatic heterocycles. The van der Waals surface area contributed by atoms with Gasteiger partial charge in [0, 0.05) is 18.4 Å². The van der Waals surface area contributed by atoms with E-state index in [0.717, 1.165) is 5.92 Å². The summed E-state index contributed by atoms with van der Waals surface area (Å²) in [6.45, 7) is 8.02. The first-order valence-corrected chi connectivity index (χ1v) is 7.10. The summed E-state index contributed by atoms with van der Waals surface area (Å²) in [6.07, 6.45) is 17.3. The molecular formula is C17H27N. The van der Waals surface area contributed by atoms with Crippen LogP contribution in [0.15, 0.2) is 48.4 Å². The second-order valence-corrected chi connectivity index (χ2v) is 4.93. The van der Waals surface area contributed by atoms with Gasteiger partial charge in [-0.3, -0.25) is 0 Å². The molecule has 1 aliphatic carbocycles. The highest BCUT2D eigenvalue weighted by Crippen LogP contribution is 2.32. The van der Waals surface area contributed by atoms with Gasteiger partial charge in [-0.1, -0.05) is 44.1 Å². The third kappa shape index (κ3) is 3.90. The van der Waals surface area contributed by atoms with E-state index in [1.54, 1.807) is 0 Å². The van der Waals surface area contributed by atoms with Crippen LogP contribution in [0.4, 0.5) is 0 Å². The number of hydrogen-bond acceptors (Lipinski definition) is 1. The smallest absolute Gasteiger partial charge is 0.0402 e. The highest BCUT2D eigenvalue weighted by atomic mass is 15.1. The molecule has 0 bridgehead atoms. The lowest BCUT2D eigenvalue weighted by molar-refractivity contribution is 0.338. The van der Waals surface area contributed by atoms with Crippen molar-refractivity contribution < 1.29 is 0 Å². The molecule has 1 nitrogen and oxygen atoms in total. The van der Waals surface area contributed by atoms with E-state index in [9.17, 15) is 0 Å². The molecule has 1 fully saturated rings. The molecule has 0 saturated heterocycles. The molecule has 1 aliphatic rings. The Bertz CT molecular complexity index is 341. The largest absolute Gasteiger partial charge is 0.348 e. The SMILES string of the molecule is C=C/C=C(\C=C/C)N(C)/C(=C\C)C1CCCCC1. The molecule has 0 aromatic rings. The Labute approximate surface area is 113 Å². The first kappa shape index (κ1) is 14.8. The quantitative estimate of drug-likeness (QED) is 0.613. The zero-order chi connectivity index (χ0) is 13.4. The highest BCUT2D eigenvalue weighted by molar-refractivity contribution is 5.26. The summed E-state index contributed by atoms with van der Waals surface area (Å²) in [5, 5.41) is 0. The number of rotatable bonds is 5. The number of nitrogens with zero attached hydrogens (tertiary/aromatic N) is 1. The van der Waals surface area contributed by atoms with Crippen molar-refractivity contribution in [2.75, 3.05) is 7.05 Å². The fourth-order valence-corrected chi connectivity index (χ4v) is 2.82. The lowest BCUT2D eigenvalue weighted by Gasteiger charge is -2.32. The van der Waals surface area contributed by atoms with Crippen LogP contribution in [-0.4, -0.2) is 11.9 Å². The van der Waals surface area contributed by atoms with Gasteiger partial charge < -0.3 is 4.90 Å². The number of allylic oxidation sites excluding steroid dienone is 6. The molecule has 18 heavy (non-hydrogen) atoms. The molecule has 0 aromatic carbocycles. The minimum atomic E-state index is 0.729. The number of likely N-dealkylation sites (N-methyl/N-ethyl adjacent to an activating group) is 1. The monoisotopic (exact) mass is 245 g/mol. The molecule has 0 aromatic heterocycles. The average Bonchev–Trinajstić information content (AvgIpc) is 2.40. The van der Waals surface area contributed by atoms with Crippen molar-refractivity contribution in [3.05, 3.63) is 48.4 Å². The Balaban J connectivity index is 2.86. The van der Waals surface area contributed by atoms with Crippen LogP contribution in [0, 0.1) is 5.92 Å². The second kappa shape index (κ2) is 7.97. The molecule has 0 N–H and O–H groups in total. The van der Waals surface area contributed by atoms with Crippen molar-refractivity contribution in [1.29, 1.82) is 0 Å². The van der Waals surface area contributed by atoms with Gasteiger partial charge >= 0.3 is 0 Å². The molecule has 0 spiro atoms. The fourth-order valence-electron chi connectivity index (χ4n) is 2.82. The summed E-state index contributed by atoms with van der Waals surface area (Å²) in [7, 11) is 2.17. The molecule has 0 amide bonds. The van der Waals surface area contributed by atoms with E-state index in [4.69, 9.17) is 0 Å². The number of hydrogen-bond donors (Lipinski definition) is 0. The molecule has 1 heteroatoms. The molecule has 0 radical (unpaired) electrons. The molecule has 1 saturated carbocycles. The molecule has 100 valence electrons. The highest BCUT2D eigenvalue weighted by Gasteiger charge is 2.20. The zero-order valence-electron chi connectivity index (χ0n) is 12.2. The molecule has 0 heterocycles. The van der Waals surface area contributed by atoms with Crippen molar-refractivity contribution in [2.24, 2.45) is 5.92 Å². The van der Waals surface area contributed by atoms with E-state index in [1.807, 2.05) is 6.08 Å². The van der Waals surface area contributed by atoms with Crippen molar-refractivity contribution in [3.8, 4) is 0 Å². The van der Waals surface area contributed by atoms with Crippen LogP contribution in [0.5, 0.6) is 0 Å². The fraction of sp³-hybridized carbons (Fsp3) is 0.529. The van der Waals surface area contributed by atoms with Crippen molar-refractivity contribution in [1.82, 2.24) is 4.90 Å². The summed E-state index contributed by atoms with van der Waals surface area (Å²) in [5.74, 6) is 0.729. The first-order chi connectivity index (χ1) is 8.74. The first-order valence-electron chi connectivity index (χ1n) is 7.10. The van der Waals surface area contributed by atoms with Crippen LogP contribution in [0.2, 0.25) is 0 Å². The second-order valence-electron chi connectivity index (χ2n) is 4.93. The Kier molecular flexibility index (Phi) is 6.56. The minimum absolute atomic E-state index is 0.729. The summed E-state index contributed by atoms with van der Waals surface area (Å²) >= 11 is 0. The summed E-state index contributed by atoms with van der Waals surface area (Å²) in [5.41, 5.74) is 2.67. The molecule has 0 atom stereocenters. The van der Waals surface area contributed by atoms with Crippen LogP contribution in [-0.2, 0) is 0 Å². The van der Waals surface area contributed by atoms with Crippen LogP contribution >= 0.6 is 0 Å². The van der Waals surface area contributed by atoms with Crippen LogP contribution in [0.1, 0.15) is 46.0 Å². The van der Waals surface area contributed by atoms with Gasteiger partial charge in [0.05, 0.1) is 0 Å². The Hall–Kier alpha value is -1.24. The minimum Gasteiger partial charge on any atom is -0.348 e. The third-order valence-corrected chi connectivity index (χ3v) is 3.72. The summed E-state index contributed by atoms with van der Waals surface area (Å²) in [6, 6.07) is 0. The molecule has 0 unspecified atom stereocenters. The van der Waals surface area contributed by atoms with E-state index in [2.05, 4.69) is 56.7 Å². The van der Waals surface area contributed by atoms with Gasteiger partial charge in [0.25, 0.3) is 0 Å². The van der Waals surface area contributed by atoms with Crippen LogP contribution in [0.3, 0.4) is 0 Å². The zero-order valence-corrected chi connectivity index (χ0v) is 12.2. The predicted molar refractivity (Wildman–Crippen MR) is 81.2 cm³/mol.